The van der Waals surface area contributed by atoms with Crippen LogP contribution in [0.5, 0.6) is 0 Å². The van der Waals surface area contributed by atoms with Crippen LogP contribution in [0.2, 0.25) is 0 Å². The summed E-state index contributed by atoms with van der Waals surface area (Å²) in [5.74, 6) is -0.842. The van der Waals surface area contributed by atoms with Crippen LogP contribution in [0.25, 0.3) is 0 Å². The van der Waals surface area contributed by atoms with Gasteiger partial charge in [-0.25, -0.2) is 0 Å². The molecule has 7 fully saturated rings. The number of likely N-dealkylation sites (tertiary alicyclic amines) is 1. The fraction of sp³-hybridized carbons (Fsp3) is 0.960. The number of likely N-dealkylation sites (N-methyl/N-ethyl adjacent to an activating group) is 1. The highest BCUT2D eigenvalue weighted by Crippen LogP contribution is 2.82. The van der Waals surface area contributed by atoms with Crippen LogP contribution in [0, 0.1) is 29.1 Å². The minimum Gasteiger partial charge on any atom is -0.459 e. The second-order valence-electron chi connectivity index (χ2n) is 11.9. The highest BCUT2D eigenvalue weighted by Gasteiger charge is 2.96. The van der Waals surface area contributed by atoms with Gasteiger partial charge in [-0.3, -0.25) is 9.69 Å². The van der Waals surface area contributed by atoms with E-state index < -0.39 is 40.3 Å². The zero-order valence-corrected chi connectivity index (χ0v) is 20.4. The van der Waals surface area contributed by atoms with Crippen LogP contribution in [-0.2, 0) is 28.5 Å². The van der Waals surface area contributed by atoms with Gasteiger partial charge >= 0.3 is 5.97 Å². The van der Waals surface area contributed by atoms with Crippen molar-refractivity contribution >= 4 is 5.97 Å². The molecule has 0 radical (unpaired) electrons. The third kappa shape index (κ3) is 1.97. The normalized spacial score (nSPS) is 60.8. The molecule has 190 valence electrons. The standard InChI is InChI=1S/C25H37NO8/c1-5-26-10-13-6-7-16(30-3)24-17(13)20(34-12(2)27)25(21(24)26)23(32-11-33-25)9-15(28)14-8-22(24,29)19(23)18(14)31-4/h13-21,28-29H,5-11H2,1-4H3/t13-,14+,15-,16-,17-,18-,19-,20-,21-,22-,23+,24+,25-/m0/s1. The van der Waals surface area contributed by atoms with Crippen LogP contribution in [0.3, 0.4) is 0 Å². The van der Waals surface area contributed by atoms with E-state index in [-0.39, 0.29) is 48.8 Å². The Hall–Kier alpha value is -0.810. The van der Waals surface area contributed by atoms with Crippen molar-refractivity contribution in [1.29, 1.82) is 0 Å². The van der Waals surface area contributed by atoms with E-state index in [2.05, 4.69) is 11.8 Å². The molecule has 0 unspecified atom stereocenters. The lowest BCUT2D eigenvalue weighted by Crippen LogP contribution is -2.85. The molecule has 9 nitrogen and oxygen atoms in total. The Morgan fingerprint density at radius 1 is 1.18 bits per heavy atom. The third-order valence-electron chi connectivity index (χ3n) is 11.4. The molecular formula is C25H37NO8. The minimum atomic E-state index is -1.22. The first-order valence-electron chi connectivity index (χ1n) is 12.9. The van der Waals surface area contributed by atoms with Crippen LogP contribution in [0.1, 0.15) is 39.5 Å². The molecule has 2 heterocycles. The van der Waals surface area contributed by atoms with E-state index in [9.17, 15) is 15.0 Å². The van der Waals surface area contributed by atoms with Crippen LogP contribution in [0.15, 0.2) is 0 Å². The van der Waals surface area contributed by atoms with Gasteiger partial charge in [0.15, 0.2) is 5.60 Å². The van der Waals surface area contributed by atoms with Crippen molar-refractivity contribution in [3.05, 3.63) is 0 Å². The molecule has 5 aliphatic carbocycles. The molecule has 13 atom stereocenters. The molecule has 9 heteroatoms. The van der Waals surface area contributed by atoms with Crippen LogP contribution >= 0.6 is 0 Å². The van der Waals surface area contributed by atoms with E-state index >= 15 is 0 Å². The van der Waals surface area contributed by atoms with E-state index in [0.29, 0.717) is 12.8 Å². The molecule has 34 heavy (non-hydrogen) atoms. The molecule has 7 aliphatic rings. The smallest absolute Gasteiger partial charge is 0.303 e. The Morgan fingerprint density at radius 2 is 1.97 bits per heavy atom. The molecule has 3 spiro atoms. The molecule has 2 saturated heterocycles. The summed E-state index contributed by atoms with van der Waals surface area (Å²) < 4.78 is 31.9. The second kappa shape index (κ2) is 6.73. The van der Waals surface area contributed by atoms with Crippen molar-refractivity contribution in [2.75, 3.05) is 34.1 Å². The SMILES string of the molecule is CCN1C[C@@H]2CC[C@H](OC)[C@]34[C@@H]2[C@H](OC(C)=O)[C@]2(OCO[C@@]25C[C@H](O)[C@H]2C[C@]3(O)[C@@H]5[C@H]2OC)[C@@H]14. The lowest BCUT2D eigenvalue weighted by molar-refractivity contribution is -0.324. The first kappa shape index (κ1) is 22.4. The predicted octanol–water partition coefficient (Wildman–Crippen LogP) is 0.306. The highest BCUT2D eigenvalue weighted by atomic mass is 16.7. The quantitative estimate of drug-likeness (QED) is 0.551. The summed E-state index contributed by atoms with van der Waals surface area (Å²) in [7, 11) is 3.39. The average Bonchev–Trinajstić information content (AvgIpc) is 3.35. The maximum atomic E-state index is 13.1. The summed E-state index contributed by atoms with van der Waals surface area (Å²) in [6.07, 6.45) is 0.622. The van der Waals surface area contributed by atoms with Gasteiger partial charge in [-0.1, -0.05) is 6.92 Å². The van der Waals surface area contributed by atoms with Crippen molar-refractivity contribution in [2.24, 2.45) is 29.1 Å². The maximum absolute atomic E-state index is 13.1. The van der Waals surface area contributed by atoms with Crippen LogP contribution in [-0.4, -0.2) is 102 Å². The first-order valence-corrected chi connectivity index (χ1v) is 12.9. The van der Waals surface area contributed by atoms with Crippen molar-refractivity contribution in [3.63, 3.8) is 0 Å². The molecule has 0 aromatic rings. The Morgan fingerprint density at radius 3 is 2.65 bits per heavy atom. The number of fused-ring (bicyclic) bond motifs is 1. The molecule has 2 aliphatic heterocycles. The van der Waals surface area contributed by atoms with Gasteiger partial charge in [-0.15, -0.1) is 0 Å². The number of rotatable bonds is 4. The number of carbonyl (C=O) groups excluding carboxylic acids is 1. The second-order valence-corrected chi connectivity index (χ2v) is 11.9. The summed E-state index contributed by atoms with van der Waals surface area (Å²) in [5, 5.41) is 24.6. The minimum absolute atomic E-state index is 0.0390. The number of methoxy groups -OCH3 is 2. The topological polar surface area (TPSA) is 107 Å². The number of aliphatic hydroxyl groups is 2. The van der Waals surface area contributed by atoms with E-state index in [1.165, 1.54) is 6.92 Å². The van der Waals surface area contributed by atoms with E-state index in [1.54, 1.807) is 14.2 Å². The number of piperidine rings is 1. The summed E-state index contributed by atoms with van der Waals surface area (Å²) in [6, 6.07) is -0.258. The van der Waals surface area contributed by atoms with Gasteiger partial charge in [0.1, 0.15) is 18.5 Å². The zero-order chi connectivity index (χ0) is 23.8. The summed E-state index contributed by atoms with van der Waals surface area (Å²) in [5.41, 5.74) is -3.98. The molecule has 7 rings (SSSR count). The average molecular weight is 480 g/mol. The number of hydrogen-bond acceptors (Lipinski definition) is 9. The summed E-state index contributed by atoms with van der Waals surface area (Å²) in [6.45, 7) is 5.27. The lowest BCUT2D eigenvalue weighted by atomic mass is 9.43. The van der Waals surface area contributed by atoms with Crippen molar-refractivity contribution in [1.82, 2.24) is 4.90 Å². The van der Waals surface area contributed by atoms with Gasteiger partial charge in [0.2, 0.25) is 0 Å². The number of carbonyl (C=O) groups is 1. The number of hydrogen-bond donors (Lipinski definition) is 2. The van der Waals surface area contributed by atoms with Crippen molar-refractivity contribution in [2.45, 2.75) is 86.8 Å². The summed E-state index contributed by atoms with van der Waals surface area (Å²) >= 11 is 0. The first-order chi connectivity index (χ1) is 16.3. The molecule has 0 aromatic heterocycles. The molecule has 0 amide bonds. The van der Waals surface area contributed by atoms with Gasteiger partial charge in [-0.05, 0) is 31.7 Å². The number of nitrogens with zero attached hydrogens (tertiary/aromatic N) is 1. The van der Waals surface area contributed by atoms with Gasteiger partial charge in [-0.2, -0.15) is 0 Å². The molecule has 7 bridgehead atoms. The maximum Gasteiger partial charge on any atom is 0.303 e. The molecular weight excluding hydrogens is 442 g/mol. The van der Waals surface area contributed by atoms with Crippen LogP contribution < -0.4 is 0 Å². The Bertz CT molecular complexity index is 917. The predicted molar refractivity (Wildman–Crippen MR) is 116 cm³/mol. The lowest BCUT2D eigenvalue weighted by Gasteiger charge is -2.70. The number of ether oxygens (including phenoxy) is 5. The fourth-order valence-corrected chi connectivity index (χ4v) is 11.1. The zero-order valence-electron chi connectivity index (χ0n) is 20.4. The third-order valence-corrected chi connectivity index (χ3v) is 11.4. The largest absolute Gasteiger partial charge is 0.459 e. The summed E-state index contributed by atoms with van der Waals surface area (Å²) in [4.78, 5) is 15.0. The molecule has 0 aromatic carbocycles. The number of esters is 1. The number of aliphatic hydroxyl groups excluding tert-OH is 1. The van der Waals surface area contributed by atoms with Gasteiger partial charge in [0.25, 0.3) is 0 Å². The van der Waals surface area contributed by atoms with E-state index in [4.69, 9.17) is 23.7 Å². The van der Waals surface area contributed by atoms with Crippen LogP contribution in [0.4, 0.5) is 0 Å². The van der Waals surface area contributed by atoms with Crippen molar-refractivity contribution in [3.8, 4) is 0 Å². The Labute approximate surface area is 200 Å². The Kier molecular flexibility index (Phi) is 4.44. The van der Waals surface area contributed by atoms with Gasteiger partial charge < -0.3 is 33.9 Å². The highest BCUT2D eigenvalue weighted by molar-refractivity contribution is 5.67. The van der Waals surface area contributed by atoms with Gasteiger partial charge in [0, 0.05) is 51.9 Å². The van der Waals surface area contributed by atoms with Gasteiger partial charge in [0.05, 0.1) is 35.4 Å². The van der Waals surface area contributed by atoms with E-state index in [0.717, 1.165) is 25.9 Å². The molecule has 2 N–H and O–H groups in total. The monoisotopic (exact) mass is 479 g/mol. The van der Waals surface area contributed by atoms with E-state index in [1.807, 2.05) is 0 Å². The Balaban J connectivity index is 1.60. The van der Waals surface area contributed by atoms with Crippen molar-refractivity contribution < 1.29 is 38.7 Å². The fourth-order valence-electron chi connectivity index (χ4n) is 11.1. The molecule has 5 saturated carbocycles.